The van der Waals surface area contributed by atoms with E-state index in [2.05, 4.69) is 27.0 Å². The zero-order chi connectivity index (χ0) is 18.5. The number of likely N-dealkylation sites (tertiary alicyclic amines) is 1. The number of unbranched alkanes of at least 4 members (excludes halogenated alkanes) is 1. The molecule has 0 aromatic heterocycles. The van der Waals surface area contributed by atoms with Crippen molar-refractivity contribution in [2.75, 3.05) is 45.5 Å². The summed E-state index contributed by atoms with van der Waals surface area (Å²) in [6.45, 7) is 10.3. The Bertz CT molecular complexity index is 566. The Hall–Kier alpha value is -0.0900. The van der Waals surface area contributed by atoms with E-state index in [9.17, 15) is 8.42 Å². The molecule has 2 rings (SSSR count). The highest BCUT2D eigenvalue weighted by Crippen LogP contribution is 2.23. The fourth-order valence-corrected chi connectivity index (χ4v) is 5.15. The van der Waals surface area contributed by atoms with Crippen LogP contribution >= 0.6 is 24.0 Å². The van der Waals surface area contributed by atoms with Gasteiger partial charge in [-0.3, -0.25) is 4.99 Å². The van der Waals surface area contributed by atoms with Crippen LogP contribution in [0.4, 0.5) is 0 Å². The van der Waals surface area contributed by atoms with Crippen LogP contribution in [0.2, 0.25) is 0 Å². The van der Waals surface area contributed by atoms with Gasteiger partial charge in [0.1, 0.15) is 0 Å². The van der Waals surface area contributed by atoms with Crippen molar-refractivity contribution in [1.29, 1.82) is 0 Å². The molecule has 2 heterocycles. The van der Waals surface area contributed by atoms with Gasteiger partial charge in [0.05, 0.1) is 10.5 Å². The first-order valence-electron chi connectivity index (χ1n) is 9.69. The van der Waals surface area contributed by atoms with Crippen molar-refractivity contribution in [1.82, 2.24) is 15.1 Å². The molecular weight excluding hydrogens is 463 g/mol. The first-order chi connectivity index (χ1) is 11.8. The van der Waals surface area contributed by atoms with Gasteiger partial charge in [-0.1, -0.05) is 6.42 Å². The Morgan fingerprint density at radius 2 is 1.96 bits per heavy atom. The van der Waals surface area contributed by atoms with Gasteiger partial charge in [-0.25, -0.2) is 8.42 Å². The van der Waals surface area contributed by atoms with E-state index in [-0.39, 0.29) is 29.7 Å². The van der Waals surface area contributed by atoms with Crippen LogP contribution in [0, 0.1) is 0 Å². The van der Waals surface area contributed by atoms with Crippen molar-refractivity contribution >= 4 is 39.8 Å². The SMILES string of the molecule is CN=C(NCCCCN1CCCCC1C)N1CCS(=O)(=O)C(C)(C)C1.I. The predicted molar refractivity (Wildman–Crippen MR) is 120 cm³/mol. The summed E-state index contributed by atoms with van der Waals surface area (Å²) in [4.78, 5) is 9.04. The molecular formula is C18H37IN4O2S. The van der Waals surface area contributed by atoms with Crippen molar-refractivity contribution < 1.29 is 8.42 Å². The molecule has 2 saturated heterocycles. The average molecular weight is 500 g/mol. The van der Waals surface area contributed by atoms with E-state index in [4.69, 9.17) is 0 Å². The molecule has 0 aliphatic carbocycles. The number of nitrogens with one attached hydrogen (secondary N) is 1. The first-order valence-corrected chi connectivity index (χ1v) is 11.3. The molecule has 8 heteroatoms. The van der Waals surface area contributed by atoms with Gasteiger partial charge in [0, 0.05) is 32.7 Å². The predicted octanol–water partition coefficient (Wildman–Crippen LogP) is 2.34. The third-order valence-electron chi connectivity index (χ3n) is 5.65. The third-order valence-corrected chi connectivity index (χ3v) is 8.18. The summed E-state index contributed by atoms with van der Waals surface area (Å²) >= 11 is 0. The van der Waals surface area contributed by atoms with Crippen LogP contribution in [0.15, 0.2) is 4.99 Å². The molecule has 0 bridgehead atoms. The number of nitrogens with zero attached hydrogens (tertiary/aromatic N) is 3. The zero-order valence-electron chi connectivity index (χ0n) is 16.8. The monoisotopic (exact) mass is 500 g/mol. The summed E-state index contributed by atoms with van der Waals surface area (Å²) < 4.78 is 23.6. The van der Waals surface area contributed by atoms with Gasteiger partial charge < -0.3 is 15.1 Å². The number of rotatable bonds is 5. The number of sulfone groups is 1. The quantitative estimate of drug-likeness (QED) is 0.272. The molecule has 1 unspecified atom stereocenters. The zero-order valence-corrected chi connectivity index (χ0v) is 20.0. The molecule has 0 spiro atoms. The first kappa shape index (κ1) is 23.9. The second-order valence-corrected chi connectivity index (χ2v) is 10.8. The van der Waals surface area contributed by atoms with Crippen molar-refractivity contribution in [3.8, 4) is 0 Å². The van der Waals surface area contributed by atoms with Crippen LogP contribution in [-0.2, 0) is 9.84 Å². The Morgan fingerprint density at radius 1 is 1.23 bits per heavy atom. The maximum atomic E-state index is 12.1. The molecule has 26 heavy (non-hydrogen) atoms. The lowest BCUT2D eigenvalue weighted by molar-refractivity contribution is 0.158. The van der Waals surface area contributed by atoms with Crippen LogP contribution in [0.1, 0.15) is 52.9 Å². The minimum atomic E-state index is -3.01. The number of hydrogen-bond acceptors (Lipinski definition) is 4. The van der Waals surface area contributed by atoms with E-state index < -0.39 is 14.6 Å². The molecule has 1 atom stereocenters. The van der Waals surface area contributed by atoms with Gasteiger partial charge in [0.15, 0.2) is 15.8 Å². The number of hydrogen-bond donors (Lipinski definition) is 1. The minimum absolute atomic E-state index is 0. The van der Waals surface area contributed by atoms with Crippen LogP contribution in [0.25, 0.3) is 0 Å². The molecule has 0 radical (unpaired) electrons. The second-order valence-electron chi connectivity index (χ2n) is 8.06. The summed E-state index contributed by atoms with van der Waals surface area (Å²) in [6.07, 6.45) is 6.34. The van der Waals surface area contributed by atoms with Crippen molar-refractivity contribution in [2.24, 2.45) is 4.99 Å². The van der Waals surface area contributed by atoms with E-state index in [0.717, 1.165) is 25.0 Å². The van der Waals surface area contributed by atoms with Gasteiger partial charge in [-0.2, -0.15) is 0 Å². The number of guanidine groups is 1. The summed E-state index contributed by atoms with van der Waals surface area (Å²) in [5, 5.41) is 3.42. The van der Waals surface area contributed by atoms with Gasteiger partial charge in [-0.05, 0) is 59.5 Å². The largest absolute Gasteiger partial charge is 0.356 e. The van der Waals surface area contributed by atoms with E-state index in [1.165, 1.54) is 38.8 Å². The van der Waals surface area contributed by atoms with Gasteiger partial charge in [0.25, 0.3) is 0 Å². The number of aliphatic imine (C=N–C) groups is 1. The van der Waals surface area contributed by atoms with E-state index in [1.807, 2.05) is 13.8 Å². The second kappa shape index (κ2) is 10.5. The Kier molecular flexibility index (Phi) is 9.63. The molecule has 0 saturated carbocycles. The van der Waals surface area contributed by atoms with E-state index >= 15 is 0 Å². The fourth-order valence-electron chi connectivity index (χ4n) is 3.79. The Balaban J connectivity index is 0.00000338. The van der Waals surface area contributed by atoms with Crippen molar-refractivity contribution in [3.63, 3.8) is 0 Å². The molecule has 0 amide bonds. The molecule has 6 nitrogen and oxygen atoms in total. The summed E-state index contributed by atoms with van der Waals surface area (Å²) in [5.41, 5.74) is 0. The summed E-state index contributed by atoms with van der Waals surface area (Å²) in [5.74, 6) is 1.03. The Labute approximate surface area is 177 Å². The lowest BCUT2D eigenvalue weighted by Gasteiger charge is -2.39. The van der Waals surface area contributed by atoms with Gasteiger partial charge in [-0.15, -0.1) is 24.0 Å². The maximum Gasteiger partial charge on any atom is 0.193 e. The normalized spacial score (nSPS) is 26.2. The molecule has 2 fully saturated rings. The topological polar surface area (TPSA) is 65.0 Å². The maximum absolute atomic E-state index is 12.1. The minimum Gasteiger partial charge on any atom is -0.356 e. The Morgan fingerprint density at radius 3 is 2.58 bits per heavy atom. The molecule has 154 valence electrons. The molecule has 0 aromatic carbocycles. The lowest BCUT2D eigenvalue weighted by atomic mass is 10.0. The fraction of sp³-hybridized carbons (Fsp3) is 0.944. The van der Waals surface area contributed by atoms with Crippen molar-refractivity contribution in [3.05, 3.63) is 0 Å². The van der Waals surface area contributed by atoms with Crippen molar-refractivity contribution in [2.45, 2.75) is 63.7 Å². The molecule has 0 aromatic rings. The highest BCUT2D eigenvalue weighted by atomic mass is 127. The van der Waals surface area contributed by atoms with Crippen LogP contribution in [-0.4, -0.2) is 80.5 Å². The molecule has 2 aliphatic heterocycles. The summed E-state index contributed by atoms with van der Waals surface area (Å²) in [7, 11) is -1.24. The third kappa shape index (κ3) is 6.22. The number of halogens is 1. The summed E-state index contributed by atoms with van der Waals surface area (Å²) in [6, 6.07) is 0.729. The highest BCUT2D eigenvalue weighted by molar-refractivity contribution is 14.0. The van der Waals surface area contributed by atoms with Crippen LogP contribution in [0.5, 0.6) is 0 Å². The standard InChI is InChI=1S/C18H36N4O2S.HI/c1-16-9-5-7-11-21(16)12-8-6-10-20-17(19-4)22-13-14-25(23,24)18(2,3)15-22;/h16H,5-15H2,1-4H3,(H,19,20);1H. The molecule has 1 N–H and O–H groups in total. The lowest BCUT2D eigenvalue weighted by Crippen LogP contribution is -2.57. The highest BCUT2D eigenvalue weighted by Gasteiger charge is 2.40. The van der Waals surface area contributed by atoms with E-state index in [0.29, 0.717) is 13.1 Å². The van der Waals surface area contributed by atoms with Gasteiger partial charge in [0.2, 0.25) is 0 Å². The number of piperidine rings is 1. The van der Waals surface area contributed by atoms with Crippen LogP contribution in [0.3, 0.4) is 0 Å². The smallest absolute Gasteiger partial charge is 0.193 e. The van der Waals surface area contributed by atoms with E-state index in [1.54, 1.807) is 7.05 Å². The van der Waals surface area contributed by atoms with Crippen LogP contribution < -0.4 is 5.32 Å². The van der Waals surface area contributed by atoms with Gasteiger partial charge >= 0.3 is 0 Å². The molecule has 2 aliphatic rings. The average Bonchev–Trinajstić information content (AvgIpc) is 2.55.